The third-order valence-corrected chi connectivity index (χ3v) is 6.52. The molecule has 1 aliphatic carbocycles. The second-order valence-corrected chi connectivity index (χ2v) is 8.96. The number of hydrogen-bond acceptors (Lipinski definition) is 3. The molecule has 1 saturated carbocycles. The molecule has 0 radical (unpaired) electrons. The van der Waals surface area contributed by atoms with E-state index in [4.69, 9.17) is 4.74 Å². The van der Waals surface area contributed by atoms with Crippen LogP contribution in [0.15, 0.2) is 48.5 Å². The van der Waals surface area contributed by atoms with Gasteiger partial charge in [0, 0.05) is 32.5 Å². The number of aryl methyl sites for hydroxylation is 1. The minimum Gasteiger partial charge on any atom is -0.490 e. The summed E-state index contributed by atoms with van der Waals surface area (Å²) in [6, 6.07) is 16.4. The Balaban J connectivity index is 1.12. The van der Waals surface area contributed by atoms with Gasteiger partial charge in [0.1, 0.15) is 5.75 Å². The lowest BCUT2D eigenvalue weighted by molar-refractivity contribution is -0.132. The van der Waals surface area contributed by atoms with E-state index in [0.29, 0.717) is 44.9 Å². The van der Waals surface area contributed by atoms with E-state index >= 15 is 0 Å². The van der Waals surface area contributed by atoms with E-state index in [2.05, 4.69) is 29.6 Å². The van der Waals surface area contributed by atoms with E-state index in [1.807, 2.05) is 29.2 Å². The van der Waals surface area contributed by atoms with E-state index in [-0.39, 0.29) is 11.8 Å². The zero-order valence-electron chi connectivity index (χ0n) is 18.9. The maximum absolute atomic E-state index is 12.5. The van der Waals surface area contributed by atoms with Crippen molar-refractivity contribution in [1.82, 2.24) is 10.2 Å². The van der Waals surface area contributed by atoms with Crippen molar-refractivity contribution in [2.24, 2.45) is 0 Å². The molecular weight excluding hydrogens is 400 g/mol. The van der Waals surface area contributed by atoms with Gasteiger partial charge in [0.25, 0.3) is 0 Å². The highest BCUT2D eigenvalue weighted by Gasteiger charge is 2.20. The number of carbonyl (C=O) groups excluding carboxylic acids is 2. The number of rotatable bonds is 9. The van der Waals surface area contributed by atoms with Crippen LogP contribution in [0.3, 0.4) is 0 Å². The van der Waals surface area contributed by atoms with Crippen molar-refractivity contribution in [3.8, 4) is 5.75 Å². The van der Waals surface area contributed by atoms with Gasteiger partial charge in [0.05, 0.1) is 6.10 Å². The normalized spacial score (nSPS) is 15.9. The van der Waals surface area contributed by atoms with Crippen molar-refractivity contribution in [1.29, 1.82) is 0 Å². The number of fused-ring (bicyclic) bond motifs is 1. The summed E-state index contributed by atoms with van der Waals surface area (Å²) in [4.78, 5) is 26.7. The highest BCUT2D eigenvalue weighted by molar-refractivity contribution is 5.77. The Hall–Kier alpha value is -2.82. The Morgan fingerprint density at radius 3 is 2.66 bits per heavy atom. The maximum atomic E-state index is 12.5. The minimum atomic E-state index is 0.0338. The summed E-state index contributed by atoms with van der Waals surface area (Å²) in [5.41, 5.74) is 3.72. The molecule has 5 nitrogen and oxygen atoms in total. The Kier molecular flexibility index (Phi) is 7.81. The molecule has 2 amide bonds. The molecule has 5 heteroatoms. The highest BCUT2D eigenvalue weighted by atomic mass is 16.5. The van der Waals surface area contributed by atoms with E-state index < -0.39 is 0 Å². The Bertz CT molecular complexity index is 921. The van der Waals surface area contributed by atoms with Gasteiger partial charge in [-0.05, 0) is 73.8 Å². The fourth-order valence-corrected chi connectivity index (χ4v) is 4.65. The first kappa shape index (κ1) is 22.4. The lowest BCUT2D eigenvalue weighted by Gasteiger charge is -2.29. The van der Waals surface area contributed by atoms with Crippen LogP contribution in [-0.2, 0) is 29.0 Å². The molecule has 1 N–H and O–H groups in total. The zero-order chi connectivity index (χ0) is 22.2. The number of nitrogens with zero attached hydrogens (tertiary/aromatic N) is 1. The van der Waals surface area contributed by atoms with Gasteiger partial charge in [-0.25, -0.2) is 0 Å². The largest absolute Gasteiger partial charge is 0.490 e. The second kappa shape index (κ2) is 11.2. The molecule has 0 atom stereocenters. The molecule has 0 bridgehead atoms. The monoisotopic (exact) mass is 434 g/mol. The molecule has 2 aliphatic rings. The van der Waals surface area contributed by atoms with E-state index in [1.54, 1.807) is 0 Å². The molecule has 1 heterocycles. The molecule has 0 spiro atoms. The summed E-state index contributed by atoms with van der Waals surface area (Å²) in [6.07, 6.45) is 8.34. The summed E-state index contributed by atoms with van der Waals surface area (Å²) >= 11 is 0. The average Bonchev–Trinajstić information content (AvgIpc) is 3.33. The summed E-state index contributed by atoms with van der Waals surface area (Å²) in [7, 11) is 0. The van der Waals surface area contributed by atoms with Crippen LogP contribution in [0.4, 0.5) is 0 Å². The summed E-state index contributed by atoms with van der Waals surface area (Å²) in [6.45, 7) is 2.02. The van der Waals surface area contributed by atoms with Gasteiger partial charge in [-0.15, -0.1) is 0 Å². The third kappa shape index (κ3) is 6.35. The molecule has 1 aliphatic heterocycles. The predicted octanol–water partition coefficient (Wildman–Crippen LogP) is 4.42. The van der Waals surface area contributed by atoms with Crippen LogP contribution in [0.25, 0.3) is 0 Å². The molecular formula is C27H34N2O3. The van der Waals surface area contributed by atoms with Gasteiger partial charge in [-0.3, -0.25) is 9.59 Å². The van der Waals surface area contributed by atoms with Crippen molar-refractivity contribution >= 4 is 11.8 Å². The van der Waals surface area contributed by atoms with Crippen LogP contribution >= 0.6 is 0 Å². The molecule has 170 valence electrons. The Morgan fingerprint density at radius 2 is 1.81 bits per heavy atom. The predicted molar refractivity (Wildman–Crippen MR) is 125 cm³/mol. The average molecular weight is 435 g/mol. The first-order valence-corrected chi connectivity index (χ1v) is 12.0. The molecule has 32 heavy (non-hydrogen) atoms. The lowest BCUT2D eigenvalue weighted by Crippen LogP contribution is -2.36. The maximum Gasteiger partial charge on any atom is 0.222 e. The Labute approximate surface area is 191 Å². The standard InChI is InChI=1S/C27H34N2O3/c30-26(15-14-21-7-5-12-25(19-21)32-24-10-3-4-11-24)28-17-6-13-27(31)29-18-16-22-8-1-2-9-23(22)20-29/h1-2,5,7-9,12,19,24H,3-4,6,10-11,13-18,20H2,(H,28,30). The number of benzene rings is 2. The second-order valence-electron chi connectivity index (χ2n) is 8.96. The lowest BCUT2D eigenvalue weighted by atomic mass is 9.99. The quantitative estimate of drug-likeness (QED) is 0.595. The topological polar surface area (TPSA) is 58.6 Å². The van der Waals surface area contributed by atoms with Crippen molar-refractivity contribution in [3.05, 3.63) is 65.2 Å². The number of hydrogen-bond donors (Lipinski definition) is 1. The van der Waals surface area contributed by atoms with E-state index in [0.717, 1.165) is 37.1 Å². The van der Waals surface area contributed by atoms with Gasteiger partial charge in [0.2, 0.25) is 11.8 Å². The van der Waals surface area contributed by atoms with Gasteiger partial charge in [0.15, 0.2) is 0 Å². The van der Waals surface area contributed by atoms with Crippen molar-refractivity contribution in [2.75, 3.05) is 13.1 Å². The van der Waals surface area contributed by atoms with Gasteiger partial charge < -0.3 is 15.0 Å². The summed E-state index contributed by atoms with van der Waals surface area (Å²) in [5, 5.41) is 2.96. The molecule has 4 rings (SSSR count). The van der Waals surface area contributed by atoms with E-state index in [9.17, 15) is 9.59 Å². The molecule has 0 aromatic heterocycles. The summed E-state index contributed by atoms with van der Waals surface area (Å²) < 4.78 is 6.06. The fraction of sp³-hybridized carbons (Fsp3) is 0.481. The van der Waals surface area contributed by atoms with Gasteiger partial charge in [-0.2, -0.15) is 0 Å². The summed E-state index contributed by atoms with van der Waals surface area (Å²) in [5.74, 6) is 1.12. The first-order chi connectivity index (χ1) is 15.7. The van der Waals surface area contributed by atoms with Crippen molar-refractivity contribution in [3.63, 3.8) is 0 Å². The van der Waals surface area contributed by atoms with Crippen LogP contribution in [0, 0.1) is 0 Å². The van der Waals surface area contributed by atoms with Crippen LogP contribution in [-0.4, -0.2) is 35.9 Å². The Morgan fingerprint density at radius 1 is 1.00 bits per heavy atom. The molecule has 2 aromatic rings. The smallest absolute Gasteiger partial charge is 0.222 e. The zero-order valence-corrected chi connectivity index (χ0v) is 18.9. The van der Waals surface area contributed by atoms with Crippen LogP contribution < -0.4 is 10.1 Å². The first-order valence-electron chi connectivity index (χ1n) is 12.0. The fourth-order valence-electron chi connectivity index (χ4n) is 4.65. The number of amides is 2. The molecule has 0 unspecified atom stereocenters. The van der Waals surface area contributed by atoms with E-state index in [1.165, 1.54) is 24.0 Å². The number of ether oxygens (including phenoxy) is 1. The molecule has 2 aromatic carbocycles. The van der Waals surface area contributed by atoms with Crippen molar-refractivity contribution < 1.29 is 14.3 Å². The third-order valence-electron chi connectivity index (χ3n) is 6.52. The van der Waals surface area contributed by atoms with Gasteiger partial charge >= 0.3 is 0 Å². The molecule has 0 saturated heterocycles. The minimum absolute atomic E-state index is 0.0338. The van der Waals surface area contributed by atoms with Crippen molar-refractivity contribution in [2.45, 2.75) is 70.4 Å². The number of carbonyl (C=O) groups is 2. The van der Waals surface area contributed by atoms with Crippen LogP contribution in [0.2, 0.25) is 0 Å². The van der Waals surface area contributed by atoms with Crippen LogP contribution in [0.5, 0.6) is 5.75 Å². The number of nitrogens with one attached hydrogen (secondary N) is 1. The highest BCUT2D eigenvalue weighted by Crippen LogP contribution is 2.25. The van der Waals surface area contributed by atoms with Gasteiger partial charge in [-0.1, -0.05) is 36.4 Å². The van der Waals surface area contributed by atoms with Crippen LogP contribution in [0.1, 0.15) is 61.6 Å². The SMILES string of the molecule is O=C(CCc1cccc(OC2CCCC2)c1)NCCCC(=O)N1CCc2ccccc2C1. The molecule has 1 fully saturated rings.